The Labute approximate surface area is 189 Å². The Bertz CT molecular complexity index is 1080. The van der Waals surface area contributed by atoms with E-state index in [0.29, 0.717) is 23.1 Å². The van der Waals surface area contributed by atoms with Crippen LogP contribution in [0.4, 0.5) is 13.2 Å². The number of hydrogen-bond donors (Lipinski definition) is 1. The van der Waals surface area contributed by atoms with Crippen LogP contribution in [-0.2, 0) is 6.18 Å². The molecule has 8 heteroatoms. The molecule has 1 aromatic carbocycles. The summed E-state index contributed by atoms with van der Waals surface area (Å²) in [7, 11) is 0. The molecule has 0 radical (unpaired) electrons. The molecular formula is C24H25F3N4S. The minimum atomic E-state index is -4.39. The third-order valence-corrected chi connectivity index (χ3v) is 7.77. The molecule has 3 aromatic rings. The zero-order valence-electron chi connectivity index (χ0n) is 17.7. The molecule has 0 spiro atoms. The standard InChI is InChI=1S/C24H25F3N4S/c25-24(26,27)18-7-3-6-17(12-18)20-22(32-23(31-20)16-8-10-28-11-9-16)21-19(13-29-14-30-21)15-4-1-2-5-15/h3,6-7,12-16,28H,1-2,4-5,8-11H2. The molecule has 1 saturated carbocycles. The van der Waals surface area contributed by atoms with Crippen LogP contribution in [0.1, 0.15) is 66.5 Å². The van der Waals surface area contributed by atoms with Crippen LogP contribution in [0.2, 0.25) is 0 Å². The van der Waals surface area contributed by atoms with E-state index >= 15 is 0 Å². The van der Waals surface area contributed by atoms with Gasteiger partial charge in [0.05, 0.1) is 26.8 Å². The summed E-state index contributed by atoms with van der Waals surface area (Å²) in [4.78, 5) is 14.7. The summed E-state index contributed by atoms with van der Waals surface area (Å²) < 4.78 is 40.3. The number of aromatic nitrogens is 3. The van der Waals surface area contributed by atoms with Gasteiger partial charge in [-0.1, -0.05) is 25.0 Å². The summed E-state index contributed by atoms with van der Waals surface area (Å²) in [5, 5.41) is 4.36. The number of thiazole rings is 1. The van der Waals surface area contributed by atoms with E-state index in [0.717, 1.165) is 66.0 Å². The fourth-order valence-electron chi connectivity index (χ4n) is 4.84. The van der Waals surface area contributed by atoms with Gasteiger partial charge in [0, 0.05) is 23.2 Å². The monoisotopic (exact) mass is 458 g/mol. The van der Waals surface area contributed by atoms with Gasteiger partial charge in [0.1, 0.15) is 6.33 Å². The smallest absolute Gasteiger partial charge is 0.317 e. The molecule has 168 valence electrons. The van der Waals surface area contributed by atoms with Gasteiger partial charge in [-0.25, -0.2) is 15.0 Å². The van der Waals surface area contributed by atoms with Crippen molar-refractivity contribution in [1.82, 2.24) is 20.3 Å². The molecule has 2 fully saturated rings. The molecule has 2 aliphatic rings. The van der Waals surface area contributed by atoms with Crippen molar-refractivity contribution in [2.45, 2.75) is 56.5 Å². The number of rotatable bonds is 4. The molecular weight excluding hydrogens is 433 g/mol. The second-order valence-electron chi connectivity index (χ2n) is 8.64. The third-order valence-electron chi connectivity index (χ3n) is 6.55. The topological polar surface area (TPSA) is 50.7 Å². The summed E-state index contributed by atoms with van der Waals surface area (Å²) in [5.74, 6) is 0.710. The predicted octanol–water partition coefficient (Wildman–Crippen LogP) is 6.41. The lowest BCUT2D eigenvalue weighted by atomic mass is 9.95. The van der Waals surface area contributed by atoms with Gasteiger partial charge in [-0.05, 0) is 56.8 Å². The fourth-order valence-corrected chi connectivity index (χ4v) is 6.12. The second-order valence-corrected chi connectivity index (χ2v) is 9.67. The molecule has 1 aliphatic heterocycles. The highest BCUT2D eigenvalue weighted by Crippen LogP contribution is 2.45. The number of nitrogens with zero attached hydrogens (tertiary/aromatic N) is 3. The van der Waals surface area contributed by atoms with E-state index in [1.165, 1.54) is 31.3 Å². The Morgan fingerprint density at radius 1 is 0.969 bits per heavy atom. The summed E-state index contributed by atoms with van der Waals surface area (Å²) in [6.45, 7) is 1.86. The van der Waals surface area contributed by atoms with E-state index < -0.39 is 11.7 Å². The molecule has 5 rings (SSSR count). The zero-order chi connectivity index (χ0) is 22.1. The van der Waals surface area contributed by atoms with Crippen LogP contribution in [0.15, 0.2) is 36.8 Å². The minimum absolute atomic E-state index is 0.316. The highest BCUT2D eigenvalue weighted by atomic mass is 32.1. The first-order valence-corrected chi connectivity index (χ1v) is 12.0. The maximum Gasteiger partial charge on any atom is 0.416 e. The molecule has 3 heterocycles. The quantitative estimate of drug-likeness (QED) is 0.491. The molecule has 1 saturated heterocycles. The molecule has 32 heavy (non-hydrogen) atoms. The molecule has 0 amide bonds. The van der Waals surface area contributed by atoms with Gasteiger partial charge in [-0.15, -0.1) is 11.3 Å². The van der Waals surface area contributed by atoms with Crippen molar-refractivity contribution in [3.05, 3.63) is 52.9 Å². The van der Waals surface area contributed by atoms with Crippen LogP contribution in [0.3, 0.4) is 0 Å². The van der Waals surface area contributed by atoms with E-state index in [9.17, 15) is 13.2 Å². The largest absolute Gasteiger partial charge is 0.416 e. The number of halogens is 3. The first-order valence-electron chi connectivity index (χ1n) is 11.2. The Balaban J connectivity index is 1.65. The predicted molar refractivity (Wildman–Crippen MR) is 120 cm³/mol. The zero-order valence-corrected chi connectivity index (χ0v) is 18.5. The van der Waals surface area contributed by atoms with Crippen molar-refractivity contribution in [3.63, 3.8) is 0 Å². The Hall–Kier alpha value is -2.32. The van der Waals surface area contributed by atoms with E-state index in [2.05, 4.69) is 15.3 Å². The third kappa shape index (κ3) is 4.30. The molecule has 1 N–H and O–H groups in total. The van der Waals surface area contributed by atoms with Crippen molar-refractivity contribution < 1.29 is 13.2 Å². The van der Waals surface area contributed by atoms with Crippen molar-refractivity contribution in [3.8, 4) is 21.8 Å². The second kappa shape index (κ2) is 8.90. The van der Waals surface area contributed by atoms with E-state index in [1.54, 1.807) is 17.4 Å². The van der Waals surface area contributed by atoms with Crippen molar-refractivity contribution >= 4 is 11.3 Å². The number of hydrogen-bond acceptors (Lipinski definition) is 5. The van der Waals surface area contributed by atoms with Crippen LogP contribution >= 0.6 is 11.3 Å². The maximum absolute atomic E-state index is 13.4. The Morgan fingerprint density at radius 2 is 1.75 bits per heavy atom. The SMILES string of the molecule is FC(F)(F)c1cccc(-c2nc(C3CCNCC3)sc2-c2ncncc2C2CCCC2)c1. The highest BCUT2D eigenvalue weighted by molar-refractivity contribution is 7.15. The molecule has 0 bridgehead atoms. The lowest BCUT2D eigenvalue weighted by molar-refractivity contribution is -0.137. The summed E-state index contributed by atoms with van der Waals surface area (Å²) in [5.41, 5.74) is 2.36. The van der Waals surface area contributed by atoms with E-state index in [-0.39, 0.29) is 0 Å². The van der Waals surface area contributed by atoms with Crippen LogP contribution < -0.4 is 5.32 Å². The average molecular weight is 459 g/mol. The summed E-state index contributed by atoms with van der Waals surface area (Å²) in [6, 6.07) is 5.50. The summed E-state index contributed by atoms with van der Waals surface area (Å²) in [6.07, 6.45) is 5.55. The lowest BCUT2D eigenvalue weighted by Crippen LogP contribution is -2.26. The van der Waals surface area contributed by atoms with Gasteiger partial charge in [-0.3, -0.25) is 0 Å². The maximum atomic E-state index is 13.4. The van der Waals surface area contributed by atoms with Crippen LogP contribution in [0.25, 0.3) is 21.8 Å². The van der Waals surface area contributed by atoms with Gasteiger partial charge in [0.25, 0.3) is 0 Å². The number of piperidine rings is 1. The van der Waals surface area contributed by atoms with Gasteiger partial charge < -0.3 is 5.32 Å². The Morgan fingerprint density at radius 3 is 2.50 bits per heavy atom. The molecule has 0 unspecified atom stereocenters. The molecule has 2 aromatic heterocycles. The minimum Gasteiger partial charge on any atom is -0.317 e. The Kier molecular flexibility index (Phi) is 5.99. The van der Waals surface area contributed by atoms with Gasteiger partial charge in [0.2, 0.25) is 0 Å². The van der Waals surface area contributed by atoms with E-state index in [1.807, 2.05) is 6.20 Å². The first kappa shape index (κ1) is 21.5. The number of benzene rings is 1. The number of nitrogens with one attached hydrogen (secondary N) is 1. The average Bonchev–Trinajstić information content (AvgIpc) is 3.50. The van der Waals surface area contributed by atoms with Gasteiger partial charge in [0.15, 0.2) is 0 Å². The van der Waals surface area contributed by atoms with Gasteiger partial charge in [-0.2, -0.15) is 13.2 Å². The van der Waals surface area contributed by atoms with Crippen molar-refractivity contribution in [2.24, 2.45) is 0 Å². The van der Waals surface area contributed by atoms with Crippen LogP contribution in [0, 0.1) is 0 Å². The lowest BCUT2D eigenvalue weighted by Gasteiger charge is -2.20. The van der Waals surface area contributed by atoms with Gasteiger partial charge >= 0.3 is 6.18 Å². The highest BCUT2D eigenvalue weighted by Gasteiger charge is 2.32. The normalized spacial score (nSPS) is 18.3. The van der Waals surface area contributed by atoms with Crippen LogP contribution in [0.5, 0.6) is 0 Å². The van der Waals surface area contributed by atoms with Crippen LogP contribution in [-0.4, -0.2) is 28.0 Å². The fraction of sp³-hybridized carbons (Fsp3) is 0.458. The van der Waals surface area contributed by atoms with E-state index in [4.69, 9.17) is 4.98 Å². The molecule has 0 atom stereocenters. The van der Waals surface area contributed by atoms with Crippen molar-refractivity contribution in [1.29, 1.82) is 0 Å². The summed E-state index contributed by atoms with van der Waals surface area (Å²) >= 11 is 1.59. The van der Waals surface area contributed by atoms with Crippen molar-refractivity contribution in [2.75, 3.05) is 13.1 Å². The molecule has 1 aliphatic carbocycles. The first-order chi connectivity index (χ1) is 15.5. The molecule has 4 nitrogen and oxygen atoms in total. The number of alkyl halides is 3.